The Morgan fingerprint density at radius 2 is 2.17 bits per heavy atom. The van der Waals surface area contributed by atoms with Crippen molar-refractivity contribution in [2.75, 3.05) is 18.2 Å². The fourth-order valence-corrected chi connectivity index (χ4v) is 1.77. The van der Waals surface area contributed by atoms with Crippen LogP contribution in [-0.4, -0.2) is 24.1 Å². The number of nitrogens with one attached hydrogen (secondary N) is 1. The molecule has 0 aliphatic heterocycles. The fraction of sp³-hybridized carbons (Fsp3) is 0.231. The summed E-state index contributed by atoms with van der Waals surface area (Å²) in [4.78, 5) is 15.7. The highest BCUT2D eigenvalue weighted by Crippen LogP contribution is 2.28. The Labute approximate surface area is 105 Å². The molecule has 3 N–H and O–H groups in total. The lowest BCUT2D eigenvalue weighted by Crippen LogP contribution is -2.27. The number of carbonyl (C=O) groups is 1. The predicted octanol–water partition coefficient (Wildman–Crippen LogP) is 1.79. The number of nitrogens with two attached hydrogens (primary N) is 1. The van der Waals surface area contributed by atoms with E-state index in [1.807, 2.05) is 24.3 Å². The lowest BCUT2D eigenvalue weighted by Gasteiger charge is -2.16. The number of methoxy groups -OCH3 is 1. The molecule has 0 radical (unpaired) electrons. The molecule has 0 fully saturated rings. The van der Waals surface area contributed by atoms with E-state index >= 15 is 0 Å². The first kappa shape index (κ1) is 12.2. The van der Waals surface area contributed by atoms with Gasteiger partial charge in [0.25, 0.3) is 0 Å². The molecule has 0 aliphatic rings. The summed E-state index contributed by atoms with van der Waals surface area (Å²) < 4.78 is 4.68. The highest BCUT2D eigenvalue weighted by molar-refractivity contribution is 5.98. The maximum Gasteiger partial charge on any atom is 0.327 e. The van der Waals surface area contributed by atoms with Crippen molar-refractivity contribution >= 4 is 28.2 Å². The second-order valence-corrected chi connectivity index (χ2v) is 3.99. The highest BCUT2D eigenvalue weighted by atomic mass is 16.5. The van der Waals surface area contributed by atoms with Crippen LogP contribution in [0.3, 0.4) is 0 Å². The molecule has 0 saturated heterocycles. The summed E-state index contributed by atoms with van der Waals surface area (Å²) >= 11 is 0. The van der Waals surface area contributed by atoms with Crippen molar-refractivity contribution in [1.29, 1.82) is 0 Å². The number of carbonyl (C=O) groups excluding carboxylic acids is 1. The minimum absolute atomic E-state index is 0.338. The molecule has 18 heavy (non-hydrogen) atoms. The van der Waals surface area contributed by atoms with Gasteiger partial charge in [0.2, 0.25) is 0 Å². The van der Waals surface area contributed by atoms with Crippen LogP contribution >= 0.6 is 0 Å². The Balaban J connectivity index is 2.43. The van der Waals surface area contributed by atoms with Crippen LogP contribution in [0, 0.1) is 0 Å². The first-order valence-corrected chi connectivity index (χ1v) is 5.61. The molecule has 1 atom stereocenters. The number of pyridine rings is 1. The smallest absolute Gasteiger partial charge is 0.327 e. The van der Waals surface area contributed by atoms with E-state index in [1.54, 1.807) is 13.1 Å². The van der Waals surface area contributed by atoms with Gasteiger partial charge in [-0.2, -0.15) is 0 Å². The maximum absolute atomic E-state index is 11.4. The Morgan fingerprint density at radius 1 is 1.44 bits per heavy atom. The van der Waals surface area contributed by atoms with E-state index in [4.69, 9.17) is 5.73 Å². The van der Waals surface area contributed by atoms with Crippen LogP contribution < -0.4 is 11.1 Å². The number of benzene rings is 1. The third-order valence-corrected chi connectivity index (χ3v) is 2.72. The monoisotopic (exact) mass is 245 g/mol. The van der Waals surface area contributed by atoms with E-state index in [0.29, 0.717) is 11.4 Å². The van der Waals surface area contributed by atoms with Crippen molar-refractivity contribution in [3.63, 3.8) is 0 Å². The average Bonchev–Trinajstić information content (AvgIpc) is 2.41. The number of nitrogens with zero attached hydrogens (tertiary/aromatic N) is 1. The molecule has 1 aromatic carbocycles. The van der Waals surface area contributed by atoms with E-state index < -0.39 is 6.04 Å². The Bertz CT molecular complexity index is 583. The van der Waals surface area contributed by atoms with Gasteiger partial charge in [-0.1, -0.05) is 18.2 Å². The van der Waals surface area contributed by atoms with Crippen molar-refractivity contribution in [1.82, 2.24) is 4.98 Å². The minimum atomic E-state index is -0.469. The van der Waals surface area contributed by atoms with Crippen LogP contribution in [0.1, 0.15) is 6.92 Å². The molecule has 2 aromatic rings. The fourth-order valence-electron chi connectivity index (χ4n) is 1.77. The summed E-state index contributed by atoms with van der Waals surface area (Å²) in [5.74, 6) is -0.338. The summed E-state index contributed by atoms with van der Waals surface area (Å²) in [6.45, 7) is 1.72. The zero-order valence-electron chi connectivity index (χ0n) is 10.3. The molecule has 1 heterocycles. The van der Waals surface area contributed by atoms with Crippen LogP contribution in [0.5, 0.6) is 0 Å². The number of esters is 1. The van der Waals surface area contributed by atoms with E-state index in [2.05, 4.69) is 15.0 Å². The largest absolute Gasteiger partial charge is 0.467 e. The topological polar surface area (TPSA) is 77.2 Å². The lowest BCUT2D eigenvalue weighted by molar-refractivity contribution is -0.141. The second kappa shape index (κ2) is 4.91. The van der Waals surface area contributed by atoms with Gasteiger partial charge >= 0.3 is 5.97 Å². The molecule has 0 bridgehead atoms. The molecular weight excluding hydrogens is 230 g/mol. The van der Waals surface area contributed by atoms with Crippen molar-refractivity contribution in [3.8, 4) is 0 Å². The van der Waals surface area contributed by atoms with Gasteiger partial charge < -0.3 is 15.8 Å². The normalized spacial score (nSPS) is 12.1. The van der Waals surface area contributed by atoms with Crippen LogP contribution in [0.15, 0.2) is 30.5 Å². The Morgan fingerprint density at radius 3 is 2.89 bits per heavy atom. The molecule has 0 spiro atoms. The van der Waals surface area contributed by atoms with E-state index in [1.165, 1.54) is 7.11 Å². The van der Waals surface area contributed by atoms with Gasteiger partial charge in [0.1, 0.15) is 6.04 Å². The standard InChI is InChI=1S/C13H15N3O2/c1-8(13(17)18-2)16-12-9-5-3-4-6-11(9)15-7-10(12)14/h3-8H,14H2,1-2H3,(H,15,16). The summed E-state index contributed by atoms with van der Waals surface area (Å²) in [7, 11) is 1.36. The molecule has 5 nitrogen and oxygen atoms in total. The van der Waals surface area contributed by atoms with E-state index in [9.17, 15) is 4.79 Å². The quantitative estimate of drug-likeness (QED) is 0.806. The first-order chi connectivity index (χ1) is 8.63. The first-order valence-electron chi connectivity index (χ1n) is 5.61. The van der Waals surface area contributed by atoms with Gasteiger partial charge in [-0.05, 0) is 13.0 Å². The van der Waals surface area contributed by atoms with Crippen LogP contribution in [0.2, 0.25) is 0 Å². The third kappa shape index (κ3) is 2.20. The molecule has 94 valence electrons. The van der Waals surface area contributed by atoms with E-state index in [-0.39, 0.29) is 5.97 Å². The van der Waals surface area contributed by atoms with Gasteiger partial charge in [0.05, 0.1) is 30.2 Å². The number of para-hydroxylation sites is 1. The summed E-state index contributed by atoms with van der Waals surface area (Å²) in [5, 5.41) is 3.95. The maximum atomic E-state index is 11.4. The van der Waals surface area contributed by atoms with Crippen molar-refractivity contribution < 1.29 is 9.53 Å². The van der Waals surface area contributed by atoms with Gasteiger partial charge in [0, 0.05) is 5.39 Å². The Hall–Kier alpha value is -2.30. The highest BCUT2D eigenvalue weighted by Gasteiger charge is 2.15. The van der Waals surface area contributed by atoms with Crippen LogP contribution in [0.4, 0.5) is 11.4 Å². The summed E-state index contributed by atoms with van der Waals surface area (Å²) in [5.41, 5.74) is 7.94. The zero-order valence-corrected chi connectivity index (χ0v) is 10.3. The van der Waals surface area contributed by atoms with Crippen molar-refractivity contribution in [2.24, 2.45) is 0 Å². The average molecular weight is 245 g/mol. The number of aromatic nitrogens is 1. The number of hydrogen-bond donors (Lipinski definition) is 2. The number of ether oxygens (including phenoxy) is 1. The number of hydrogen-bond acceptors (Lipinski definition) is 5. The van der Waals surface area contributed by atoms with E-state index in [0.717, 1.165) is 10.9 Å². The lowest BCUT2D eigenvalue weighted by atomic mass is 10.1. The predicted molar refractivity (Wildman–Crippen MR) is 71.3 cm³/mol. The number of nitrogen functional groups attached to an aromatic ring is 1. The SMILES string of the molecule is COC(=O)C(C)Nc1c(N)cnc2ccccc12. The number of fused-ring (bicyclic) bond motifs is 1. The molecule has 0 saturated carbocycles. The van der Waals surface area contributed by atoms with Gasteiger partial charge in [0.15, 0.2) is 0 Å². The van der Waals surface area contributed by atoms with Crippen LogP contribution in [0.25, 0.3) is 10.9 Å². The zero-order chi connectivity index (χ0) is 13.1. The van der Waals surface area contributed by atoms with Gasteiger partial charge in [-0.3, -0.25) is 4.98 Å². The molecule has 0 amide bonds. The molecule has 1 aromatic heterocycles. The number of rotatable bonds is 3. The molecule has 5 heteroatoms. The molecule has 1 unspecified atom stereocenters. The Kier molecular flexibility index (Phi) is 3.32. The molecule has 2 rings (SSSR count). The second-order valence-electron chi connectivity index (χ2n) is 3.99. The minimum Gasteiger partial charge on any atom is -0.467 e. The van der Waals surface area contributed by atoms with Crippen molar-refractivity contribution in [3.05, 3.63) is 30.5 Å². The summed E-state index contributed by atoms with van der Waals surface area (Å²) in [6.07, 6.45) is 1.58. The summed E-state index contributed by atoms with van der Waals surface area (Å²) in [6, 6.07) is 7.13. The molecule has 0 aliphatic carbocycles. The van der Waals surface area contributed by atoms with Crippen molar-refractivity contribution in [2.45, 2.75) is 13.0 Å². The van der Waals surface area contributed by atoms with Crippen LogP contribution in [-0.2, 0) is 9.53 Å². The molecular formula is C13H15N3O2. The number of anilines is 2. The van der Waals surface area contributed by atoms with Gasteiger partial charge in [-0.15, -0.1) is 0 Å². The third-order valence-electron chi connectivity index (χ3n) is 2.72. The van der Waals surface area contributed by atoms with Gasteiger partial charge in [-0.25, -0.2) is 4.79 Å².